The molecule has 0 aliphatic heterocycles. The van der Waals surface area contributed by atoms with E-state index in [-0.39, 0.29) is 0 Å². The fourth-order valence-corrected chi connectivity index (χ4v) is 1.21. The zero-order valence-corrected chi connectivity index (χ0v) is 7.93. The topological polar surface area (TPSA) is 65.2 Å². The van der Waals surface area contributed by atoms with Crippen LogP contribution in [0.3, 0.4) is 0 Å². The number of nitrogens with zero attached hydrogens (tertiary/aromatic N) is 2. The van der Waals surface area contributed by atoms with Crippen molar-refractivity contribution in [3.8, 4) is 0 Å². The summed E-state index contributed by atoms with van der Waals surface area (Å²) < 4.78 is 0. The Hall–Kier alpha value is -1.58. The van der Waals surface area contributed by atoms with Gasteiger partial charge in [-0.25, -0.2) is 0 Å². The molecule has 0 aromatic heterocycles. The Kier molecular flexibility index (Phi) is 4.47. The van der Waals surface area contributed by atoms with Crippen LogP contribution in [0.5, 0.6) is 0 Å². The number of oxime groups is 2. The van der Waals surface area contributed by atoms with Gasteiger partial charge < -0.3 is 10.4 Å². The molecule has 0 saturated carbocycles. The van der Waals surface area contributed by atoms with Gasteiger partial charge >= 0.3 is 0 Å². The minimum absolute atomic E-state index is 0.638. The van der Waals surface area contributed by atoms with Gasteiger partial charge in [0.15, 0.2) is 0 Å². The lowest BCUT2D eigenvalue weighted by atomic mass is 10.1. The van der Waals surface area contributed by atoms with Crippen molar-refractivity contribution >= 4 is 11.4 Å². The van der Waals surface area contributed by atoms with Gasteiger partial charge in [0.1, 0.15) is 0 Å². The maximum atomic E-state index is 8.62. The van der Waals surface area contributed by atoms with Gasteiger partial charge in [-0.2, -0.15) is 0 Å². The van der Waals surface area contributed by atoms with Crippen molar-refractivity contribution in [3.05, 3.63) is 24.3 Å². The second kappa shape index (κ2) is 5.96. The van der Waals surface area contributed by atoms with Crippen LogP contribution in [0.4, 0.5) is 0 Å². The van der Waals surface area contributed by atoms with Gasteiger partial charge in [-0.1, -0.05) is 34.6 Å². The maximum absolute atomic E-state index is 8.62. The molecule has 2 N–H and O–H groups in total. The van der Waals surface area contributed by atoms with Crippen LogP contribution in [0, 0.1) is 0 Å². The van der Waals surface area contributed by atoms with Gasteiger partial charge in [-0.05, 0) is 0 Å². The third-order valence-corrected chi connectivity index (χ3v) is 2.03. The minimum Gasteiger partial charge on any atom is -0.411 e. The van der Waals surface area contributed by atoms with E-state index in [2.05, 4.69) is 10.3 Å². The van der Waals surface area contributed by atoms with Crippen molar-refractivity contribution in [2.75, 3.05) is 0 Å². The van der Waals surface area contributed by atoms with Gasteiger partial charge in [-0.15, -0.1) is 0 Å². The molecule has 0 amide bonds. The summed E-state index contributed by atoms with van der Waals surface area (Å²) in [6.45, 7) is 0. The summed E-state index contributed by atoms with van der Waals surface area (Å²) in [7, 11) is 0. The monoisotopic (exact) mass is 194 g/mol. The standard InChI is InChI=1S/C10H14N2O2/c13-11-9-5-1-2-6-10(12-14)8-4-3-7-9/h1-4,13-14H,5-8H2/b2-1-,4-3-,11-9?,12-10?. The Labute approximate surface area is 82.9 Å². The minimum atomic E-state index is 0.638. The summed E-state index contributed by atoms with van der Waals surface area (Å²) in [5.74, 6) is 0. The lowest BCUT2D eigenvalue weighted by molar-refractivity contribution is 0.316. The first kappa shape index (κ1) is 10.5. The lowest BCUT2D eigenvalue weighted by Gasteiger charge is -2.00. The lowest BCUT2D eigenvalue weighted by Crippen LogP contribution is -1.99. The molecular weight excluding hydrogens is 180 g/mol. The molecule has 0 radical (unpaired) electrons. The molecule has 0 fully saturated rings. The predicted octanol–water partition coefficient (Wildman–Crippen LogP) is 2.33. The summed E-state index contributed by atoms with van der Waals surface area (Å²) in [5.41, 5.74) is 1.48. The second-order valence-electron chi connectivity index (χ2n) is 3.09. The summed E-state index contributed by atoms with van der Waals surface area (Å²) >= 11 is 0. The maximum Gasteiger partial charge on any atom is 0.0645 e. The summed E-state index contributed by atoms with van der Waals surface area (Å²) in [6.07, 6.45) is 10.2. The second-order valence-corrected chi connectivity index (χ2v) is 3.09. The number of allylic oxidation sites excluding steroid dienone is 4. The molecule has 76 valence electrons. The Morgan fingerprint density at radius 1 is 0.714 bits per heavy atom. The molecule has 1 aliphatic rings. The Balaban J connectivity index is 2.64. The van der Waals surface area contributed by atoms with E-state index in [1.54, 1.807) is 0 Å². The summed E-state index contributed by atoms with van der Waals surface area (Å²) in [5, 5.41) is 23.6. The van der Waals surface area contributed by atoms with Crippen LogP contribution in [0.1, 0.15) is 25.7 Å². The molecule has 0 heterocycles. The molecule has 0 atom stereocenters. The van der Waals surface area contributed by atoms with Crippen LogP contribution in [0.2, 0.25) is 0 Å². The average molecular weight is 194 g/mol. The van der Waals surface area contributed by atoms with Crippen LogP contribution in [-0.4, -0.2) is 21.8 Å². The predicted molar refractivity (Wildman–Crippen MR) is 55.2 cm³/mol. The Morgan fingerprint density at radius 2 is 1.00 bits per heavy atom. The summed E-state index contributed by atoms with van der Waals surface area (Å²) in [4.78, 5) is 0. The molecule has 0 aromatic rings. The number of rotatable bonds is 0. The van der Waals surface area contributed by atoms with Crippen molar-refractivity contribution in [1.29, 1.82) is 0 Å². The van der Waals surface area contributed by atoms with E-state index in [0.29, 0.717) is 25.7 Å². The van der Waals surface area contributed by atoms with E-state index in [1.807, 2.05) is 24.3 Å². The van der Waals surface area contributed by atoms with Gasteiger partial charge in [-0.3, -0.25) is 0 Å². The van der Waals surface area contributed by atoms with E-state index in [1.165, 1.54) is 0 Å². The van der Waals surface area contributed by atoms with Gasteiger partial charge in [0.2, 0.25) is 0 Å². The van der Waals surface area contributed by atoms with Gasteiger partial charge in [0.05, 0.1) is 11.4 Å². The van der Waals surface area contributed by atoms with Crippen LogP contribution < -0.4 is 0 Å². The molecular formula is C10H14N2O2. The Bertz CT molecular complexity index is 240. The number of hydrogen-bond donors (Lipinski definition) is 2. The molecule has 0 aromatic carbocycles. The third kappa shape index (κ3) is 3.43. The smallest absolute Gasteiger partial charge is 0.0645 e. The van der Waals surface area contributed by atoms with Crippen LogP contribution in [-0.2, 0) is 0 Å². The Morgan fingerprint density at radius 3 is 1.21 bits per heavy atom. The van der Waals surface area contributed by atoms with Crippen molar-refractivity contribution in [3.63, 3.8) is 0 Å². The van der Waals surface area contributed by atoms with E-state index >= 15 is 0 Å². The fraction of sp³-hybridized carbons (Fsp3) is 0.400. The summed E-state index contributed by atoms with van der Waals surface area (Å²) in [6, 6.07) is 0. The normalized spacial score (nSPS) is 22.6. The highest BCUT2D eigenvalue weighted by molar-refractivity contribution is 5.89. The molecule has 1 aliphatic carbocycles. The third-order valence-electron chi connectivity index (χ3n) is 2.03. The van der Waals surface area contributed by atoms with Crippen LogP contribution in [0.25, 0.3) is 0 Å². The molecule has 4 nitrogen and oxygen atoms in total. The molecule has 0 saturated heterocycles. The molecule has 0 unspecified atom stereocenters. The first-order valence-corrected chi connectivity index (χ1v) is 4.56. The zero-order valence-electron chi connectivity index (χ0n) is 7.93. The largest absolute Gasteiger partial charge is 0.411 e. The molecule has 4 heteroatoms. The van der Waals surface area contributed by atoms with E-state index in [0.717, 1.165) is 11.4 Å². The van der Waals surface area contributed by atoms with Gasteiger partial charge in [0, 0.05) is 25.7 Å². The quantitative estimate of drug-likeness (QED) is 0.353. The highest BCUT2D eigenvalue weighted by Gasteiger charge is 1.99. The highest BCUT2D eigenvalue weighted by Crippen LogP contribution is 2.04. The van der Waals surface area contributed by atoms with Crippen molar-refractivity contribution in [2.24, 2.45) is 10.3 Å². The fourth-order valence-electron chi connectivity index (χ4n) is 1.21. The van der Waals surface area contributed by atoms with E-state index in [4.69, 9.17) is 10.4 Å². The van der Waals surface area contributed by atoms with E-state index in [9.17, 15) is 0 Å². The molecule has 0 bridgehead atoms. The average Bonchev–Trinajstić information content (AvgIpc) is 2.25. The SMILES string of the molecule is ON=C1C/C=C\CC(=NO)C/C=C\C1. The van der Waals surface area contributed by atoms with Crippen molar-refractivity contribution in [1.82, 2.24) is 0 Å². The first-order chi connectivity index (χ1) is 6.86. The van der Waals surface area contributed by atoms with Crippen molar-refractivity contribution < 1.29 is 10.4 Å². The van der Waals surface area contributed by atoms with Crippen molar-refractivity contribution in [2.45, 2.75) is 25.7 Å². The molecule has 0 spiro atoms. The molecule has 1 rings (SSSR count). The van der Waals surface area contributed by atoms with E-state index < -0.39 is 0 Å². The first-order valence-electron chi connectivity index (χ1n) is 4.56. The van der Waals surface area contributed by atoms with Crippen LogP contribution in [0.15, 0.2) is 34.6 Å². The molecule has 14 heavy (non-hydrogen) atoms. The zero-order chi connectivity index (χ0) is 10.2. The highest BCUT2D eigenvalue weighted by atomic mass is 16.4. The number of hydrogen-bond acceptors (Lipinski definition) is 4. The van der Waals surface area contributed by atoms with Crippen LogP contribution >= 0.6 is 0 Å². The van der Waals surface area contributed by atoms with Gasteiger partial charge in [0.25, 0.3) is 0 Å².